The van der Waals surface area contributed by atoms with Crippen LogP contribution in [-0.4, -0.2) is 62.1 Å². The fraction of sp³-hybridized carbons (Fsp3) is 0.310. The minimum absolute atomic E-state index is 0.230. The summed E-state index contributed by atoms with van der Waals surface area (Å²) >= 11 is 0. The lowest BCUT2D eigenvalue weighted by Gasteiger charge is -2.34. The number of aromatic nitrogens is 2. The zero-order valence-electron chi connectivity index (χ0n) is 22.3. The summed E-state index contributed by atoms with van der Waals surface area (Å²) in [5, 5.41) is 4.27. The molecular weight excluding hydrogens is 496 g/mol. The van der Waals surface area contributed by atoms with Crippen molar-refractivity contribution in [3.8, 4) is 11.1 Å². The fourth-order valence-corrected chi connectivity index (χ4v) is 6.02. The molecule has 1 saturated heterocycles. The van der Waals surface area contributed by atoms with Crippen LogP contribution in [0.4, 0.5) is 17.3 Å². The maximum atomic E-state index is 12.7. The van der Waals surface area contributed by atoms with Gasteiger partial charge >= 0.3 is 0 Å². The molecule has 0 saturated carbocycles. The van der Waals surface area contributed by atoms with Crippen LogP contribution in [0, 0.1) is 0 Å². The Morgan fingerprint density at radius 3 is 2.32 bits per heavy atom. The van der Waals surface area contributed by atoms with Gasteiger partial charge in [0.05, 0.1) is 10.4 Å². The molecule has 0 unspecified atom stereocenters. The highest BCUT2D eigenvalue weighted by Crippen LogP contribution is 2.30. The highest BCUT2D eigenvalue weighted by Gasteiger charge is 2.22. The highest BCUT2D eigenvalue weighted by molar-refractivity contribution is 7.89. The molecular formula is C29H34N6O2S. The van der Waals surface area contributed by atoms with Crippen LogP contribution in [0.3, 0.4) is 0 Å². The Bertz CT molecular complexity index is 1540. The summed E-state index contributed by atoms with van der Waals surface area (Å²) in [4.78, 5) is 14.4. The van der Waals surface area contributed by atoms with E-state index < -0.39 is 15.6 Å². The lowest BCUT2D eigenvalue weighted by atomic mass is 10.0. The van der Waals surface area contributed by atoms with Gasteiger partial charge in [-0.3, -0.25) is 0 Å². The first kappa shape index (κ1) is 26.1. The second kappa shape index (κ2) is 10.3. The van der Waals surface area contributed by atoms with Gasteiger partial charge in [0.1, 0.15) is 0 Å². The molecule has 1 aromatic heterocycles. The van der Waals surface area contributed by atoms with E-state index in [1.54, 1.807) is 12.1 Å². The number of nitrogens with one attached hydrogen (secondary N) is 2. The van der Waals surface area contributed by atoms with Gasteiger partial charge in [-0.05, 0) is 63.7 Å². The van der Waals surface area contributed by atoms with E-state index in [1.165, 1.54) is 5.69 Å². The van der Waals surface area contributed by atoms with Crippen LogP contribution in [-0.2, 0) is 10.0 Å². The minimum atomic E-state index is -3.61. The van der Waals surface area contributed by atoms with Crippen LogP contribution in [0.1, 0.15) is 20.8 Å². The molecule has 2 heterocycles. The lowest BCUT2D eigenvalue weighted by molar-refractivity contribution is 0.313. The molecule has 0 radical (unpaired) electrons. The lowest BCUT2D eigenvalue weighted by Crippen LogP contribution is -2.44. The number of hydrogen-bond donors (Lipinski definition) is 2. The maximum Gasteiger partial charge on any atom is 0.241 e. The van der Waals surface area contributed by atoms with Crippen LogP contribution in [0.15, 0.2) is 77.8 Å². The van der Waals surface area contributed by atoms with Crippen molar-refractivity contribution in [1.29, 1.82) is 0 Å². The third-order valence-corrected chi connectivity index (χ3v) is 8.27. The van der Waals surface area contributed by atoms with E-state index in [-0.39, 0.29) is 4.90 Å². The fourth-order valence-electron chi connectivity index (χ4n) is 4.60. The van der Waals surface area contributed by atoms with Crippen molar-refractivity contribution in [3.05, 3.63) is 72.9 Å². The molecule has 5 rings (SSSR count). The van der Waals surface area contributed by atoms with Crippen molar-refractivity contribution < 1.29 is 8.42 Å². The number of nitrogens with zero attached hydrogens (tertiary/aromatic N) is 4. The third kappa shape index (κ3) is 5.96. The summed E-state index contributed by atoms with van der Waals surface area (Å²) in [6.45, 7) is 9.57. The first-order valence-corrected chi connectivity index (χ1v) is 14.3. The summed E-state index contributed by atoms with van der Waals surface area (Å²) in [5.41, 5.74) is 4.14. The largest absolute Gasteiger partial charge is 0.369 e. The number of benzene rings is 3. The number of para-hydroxylation sites is 1. The Hall–Kier alpha value is -3.53. The molecule has 1 aliphatic rings. The number of piperazine rings is 1. The van der Waals surface area contributed by atoms with Gasteiger partial charge in [0.15, 0.2) is 0 Å². The molecule has 1 aliphatic heterocycles. The Morgan fingerprint density at radius 1 is 0.895 bits per heavy atom. The Morgan fingerprint density at radius 2 is 1.61 bits per heavy atom. The SMILES string of the molecule is CN1CCN(c2cccc(Nc3ncc4cccc(-c5ccc(S(=O)(=O)NC(C)(C)C)cc5)c4n3)c2)CC1. The number of likely N-dealkylation sites (N-methyl/N-ethyl adjacent to an activating group) is 1. The summed E-state index contributed by atoms with van der Waals surface area (Å²) in [5.74, 6) is 0.508. The normalized spacial score (nSPS) is 15.1. The van der Waals surface area contributed by atoms with Crippen LogP contribution >= 0.6 is 0 Å². The van der Waals surface area contributed by atoms with Gasteiger partial charge in [-0.15, -0.1) is 0 Å². The quantitative estimate of drug-likeness (QED) is 0.368. The van der Waals surface area contributed by atoms with Crippen LogP contribution in [0.2, 0.25) is 0 Å². The second-order valence-electron chi connectivity index (χ2n) is 10.8. The van der Waals surface area contributed by atoms with Crippen molar-refractivity contribution in [3.63, 3.8) is 0 Å². The molecule has 0 spiro atoms. The van der Waals surface area contributed by atoms with E-state index in [4.69, 9.17) is 4.98 Å². The average molecular weight is 531 g/mol. The van der Waals surface area contributed by atoms with Gasteiger partial charge in [-0.1, -0.05) is 36.4 Å². The van der Waals surface area contributed by atoms with Crippen molar-refractivity contribution in [2.75, 3.05) is 43.4 Å². The third-order valence-electron chi connectivity index (χ3n) is 6.50. The molecule has 0 bridgehead atoms. The van der Waals surface area contributed by atoms with Gasteiger partial charge in [-0.2, -0.15) is 0 Å². The Labute approximate surface area is 224 Å². The van der Waals surface area contributed by atoms with Crippen LogP contribution in [0.5, 0.6) is 0 Å². The van der Waals surface area contributed by atoms with Gasteiger partial charge in [0.2, 0.25) is 16.0 Å². The number of anilines is 3. The van der Waals surface area contributed by atoms with Crippen molar-refractivity contribution in [2.24, 2.45) is 0 Å². The smallest absolute Gasteiger partial charge is 0.241 e. The standard InChI is InChI=1S/C29H34N6O2S/c1-29(2,3)33-38(36,37)25-13-11-21(12-14-25)26-10-5-7-22-20-30-28(32-27(22)26)31-23-8-6-9-24(19-23)35-17-15-34(4)16-18-35/h5-14,19-20,33H,15-18H2,1-4H3,(H,30,31,32). The van der Waals surface area contributed by atoms with E-state index in [0.29, 0.717) is 5.95 Å². The summed E-state index contributed by atoms with van der Waals surface area (Å²) in [6, 6.07) is 21.2. The van der Waals surface area contributed by atoms with E-state index in [0.717, 1.165) is 53.9 Å². The first-order valence-electron chi connectivity index (χ1n) is 12.8. The molecule has 0 amide bonds. The Kier molecular flexibility index (Phi) is 7.09. The predicted molar refractivity (Wildman–Crippen MR) is 154 cm³/mol. The van der Waals surface area contributed by atoms with Crippen LogP contribution in [0.25, 0.3) is 22.0 Å². The molecule has 2 N–H and O–H groups in total. The Balaban J connectivity index is 1.41. The monoisotopic (exact) mass is 530 g/mol. The van der Waals surface area contributed by atoms with Gasteiger partial charge in [0.25, 0.3) is 0 Å². The number of sulfonamides is 1. The molecule has 4 aromatic rings. The zero-order valence-corrected chi connectivity index (χ0v) is 23.1. The summed E-state index contributed by atoms with van der Waals surface area (Å²) < 4.78 is 28.1. The van der Waals surface area contributed by atoms with Crippen molar-refractivity contribution >= 4 is 38.2 Å². The van der Waals surface area contributed by atoms with E-state index >= 15 is 0 Å². The van der Waals surface area contributed by atoms with Crippen molar-refractivity contribution in [2.45, 2.75) is 31.2 Å². The van der Waals surface area contributed by atoms with Gasteiger partial charge in [-0.25, -0.2) is 23.1 Å². The molecule has 0 atom stereocenters. The molecule has 198 valence electrons. The summed E-state index contributed by atoms with van der Waals surface area (Å²) in [7, 11) is -1.45. The van der Waals surface area contributed by atoms with Gasteiger partial charge < -0.3 is 15.1 Å². The maximum absolute atomic E-state index is 12.7. The predicted octanol–water partition coefficient (Wildman–Crippen LogP) is 4.87. The minimum Gasteiger partial charge on any atom is -0.369 e. The molecule has 9 heteroatoms. The molecule has 0 aliphatic carbocycles. The van der Waals surface area contributed by atoms with Crippen molar-refractivity contribution in [1.82, 2.24) is 19.6 Å². The molecule has 8 nitrogen and oxygen atoms in total. The van der Waals surface area contributed by atoms with E-state index in [1.807, 2.05) is 69.4 Å². The molecule has 38 heavy (non-hydrogen) atoms. The number of rotatable bonds is 6. The molecule has 3 aromatic carbocycles. The van der Waals surface area contributed by atoms with Crippen LogP contribution < -0.4 is 14.9 Å². The average Bonchev–Trinajstić information content (AvgIpc) is 2.88. The highest BCUT2D eigenvalue weighted by atomic mass is 32.2. The second-order valence-corrected chi connectivity index (χ2v) is 12.5. The number of fused-ring (bicyclic) bond motifs is 1. The van der Waals surface area contributed by atoms with Gasteiger partial charge in [0, 0.05) is 60.2 Å². The topological polar surface area (TPSA) is 90.5 Å². The van der Waals surface area contributed by atoms with E-state index in [2.05, 4.69) is 44.0 Å². The molecule has 1 fully saturated rings. The first-order chi connectivity index (χ1) is 18.1. The zero-order chi connectivity index (χ0) is 26.9. The van der Waals surface area contributed by atoms with E-state index in [9.17, 15) is 8.42 Å². The summed E-state index contributed by atoms with van der Waals surface area (Å²) in [6.07, 6.45) is 1.81. The number of hydrogen-bond acceptors (Lipinski definition) is 7.